The molecule has 1 aromatic carbocycles. The topological polar surface area (TPSA) is 47.0 Å². The third-order valence-electron chi connectivity index (χ3n) is 3.81. The molecule has 0 saturated heterocycles. The zero-order valence-electron chi connectivity index (χ0n) is 13.2. The predicted molar refractivity (Wildman–Crippen MR) is 89.0 cm³/mol. The average molecular weight is 347 g/mol. The Kier molecular flexibility index (Phi) is 4.09. The molecule has 6 heteroatoms. The molecule has 0 bridgehead atoms. The summed E-state index contributed by atoms with van der Waals surface area (Å²) in [5.41, 5.74) is 3.37. The Balaban J connectivity index is 2.17. The normalized spacial score (nSPS) is 14.5. The number of aromatic nitrogens is 1. The monoisotopic (exact) mass is 347 g/mol. The first-order chi connectivity index (χ1) is 11.3. The summed E-state index contributed by atoms with van der Waals surface area (Å²) in [6.07, 6.45) is 5.03. The van der Waals surface area contributed by atoms with E-state index < -0.39 is 26.4 Å². The third-order valence-corrected chi connectivity index (χ3v) is 4.95. The van der Waals surface area contributed by atoms with E-state index in [0.717, 1.165) is 29.7 Å². The number of benzene rings is 1. The van der Waals surface area contributed by atoms with Crippen LogP contribution in [0.25, 0.3) is 11.1 Å². The largest absolute Gasteiger partial charge is 0.253 e. The summed E-state index contributed by atoms with van der Waals surface area (Å²) >= 11 is 0. The van der Waals surface area contributed by atoms with Crippen LogP contribution in [-0.2, 0) is 9.84 Å². The molecule has 1 aliphatic carbocycles. The fraction of sp³-hybridized carbons (Fsp3) is 0.167. The molecular formula is C18H15F2NO2S. The first-order valence-electron chi connectivity index (χ1n) is 7.30. The van der Waals surface area contributed by atoms with Crippen molar-refractivity contribution in [3.63, 3.8) is 0 Å². The standard InChI is InChI=1S/C18H15F2NO2S/c1-11-5-3-8-17(21-11)14-7-4-6-13(14)12-9-15(19)18(16(20)10-12)24(2,22)23/h3-5,7-10H,6H2,1-2H3. The van der Waals surface area contributed by atoms with Gasteiger partial charge in [-0.1, -0.05) is 18.2 Å². The number of nitrogens with zero attached hydrogens (tertiary/aromatic N) is 1. The number of hydrogen-bond donors (Lipinski definition) is 0. The van der Waals surface area contributed by atoms with Crippen LogP contribution in [0, 0.1) is 18.6 Å². The quantitative estimate of drug-likeness (QED) is 0.845. The van der Waals surface area contributed by atoms with Crippen LogP contribution in [0.5, 0.6) is 0 Å². The lowest BCUT2D eigenvalue weighted by Gasteiger charge is -2.11. The van der Waals surface area contributed by atoms with E-state index >= 15 is 0 Å². The van der Waals surface area contributed by atoms with E-state index in [1.807, 2.05) is 37.3 Å². The van der Waals surface area contributed by atoms with Crippen molar-refractivity contribution in [3.05, 3.63) is 71.1 Å². The van der Waals surface area contributed by atoms with Gasteiger partial charge in [0.1, 0.15) is 16.5 Å². The molecule has 0 amide bonds. The van der Waals surface area contributed by atoms with E-state index in [1.165, 1.54) is 0 Å². The minimum absolute atomic E-state index is 0.320. The number of sulfone groups is 1. The smallest absolute Gasteiger partial charge is 0.181 e. The van der Waals surface area contributed by atoms with Crippen LogP contribution in [0.2, 0.25) is 0 Å². The lowest BCUT2D eigenvalue weighted by atomic mass is 9.99. The molecule has 0 atom stereocenters. The molecule has 1 heterocycles. The minimum Gasteiger partial charge on any atom is -0.253 e. The second-order valence-corrected chi connectivity index (χ2v) is 7.66. The second-order valence-electron chi connectivity index (χ2n) is 5.70. The Morgan fingerprint density at radius 3 is 2.38 bits per heavy atom. The van der Waals surface area contributed by atoms with Gasteiger partial charge in [-0.05, 0) is 48.7 Å². The Morgan fingerprint density at radius 2 is 1.79 bits per heavy atom. The van der Waals surface area contributed by atoms with E-state index in [9.17, 15) is 17.2 Å². The highest BCUT2D eigenvalue weighted by Crippen LogP contribution is 2.36. The maximum absolute atomic E-state index is 14.2. The molecule has 1 aromatic heterocycles. The third kappa shape index (κ3) is 3.01. The van der Waals surface area contributed by atoms with E-state index in [4.69, 9.17) is 0 Å². The molecule has 1 aliphatic rings. The molecule has 24 heavy (non-hydrogen) atoms. The van der Waals surface area contributed by atoms with Crippen molar-refractivity contribution in [3.8, 4) is 0 Å². The van der Waals surface area contributed by atoms with Gasteiger partial charge in [0, 0.05) is 17.5 Å². The average Bonchev–Trinajstić information content (AvgIpc) is 2.94. The molecule has 3 rings (SSSR count). The number of aryl methyl sites for hydroxylation is 1. The lowest BCUT2D eigenvalue weighted by Crippen LogP contribution is -2.05. The fourth-order valence-electron chi connectivity index (χ4n) is 2.80. The molecule has 0 fully saturated rings. The van der Waals surface area contributed by atoms with Gasteiger partial charge in [0.25, 0.3) is 0 Å². The molecule has 0 spiro atoms. The SMILES string of the molecule is Cc1cccc(C2=C(c3cc(F)c(S(C)(=O)=O)c(F)c3)CC=C2)n1. The Bertz CT molecular complexity index is 969. The summed E-state index contributed by atoms with van der Waals surface area (Å²) in [5, 5.41) is 0. The number of allylic oxidation sites excluding steroid dienone is 4. The van der Waals surface area contributed by atoms with Gasteiger partial charge in [-0.3, -0.25) is 4.98 Å². The molecule has 0 unspecified atom stereocenters. The van der Waals surface area contributed by atoms with Crippen LogP contribution in [0.4, 0.5) is 8.78 Å². The van der Waals surface area contributed by atoms with Gasteiger partial charge in [0.15, 0.2) is 9.84 Å². The first-order valence-corrected chi connectivity index (χ1v) is 9.19. The number of hydrogen-bond acceptors (Lipinski definition) is 3. The molecule has 0 saturated carbocycles. The highest BCUT2D eigenvalue weighted by molar-refractivity contribution is 7.90. The number of pyridine rings is 1. The van der Waals surface area contributed by atoms with Crippen molar-refractivity contribution in [2.45, 2.75) is 18.2 Å². The van der Waals surface area contributed by atoms with E-state index in [-0.39, 0.29) is 0 Å². The van der Waals surface area contributed by atoms with E-state index in [0.29, 0.717) is 23.3 Å². The van der Waals surface area contributed by atoms with Crippen molar-refractivity contribution >= 4 is 21.0 Å². The van der Waals surface area contributed by atoms with Crippen LogP contribution < -0.4 is 0 Å². The van der Waals surface area contributed by atoms with Gasteiger partial charge in [-0.15, -0.1) is 0 Å². The molecule has 124 valence electrons. The molecule has 3 nitrogen and oxygen atoms in total. The minimum atomic E-state index is -3.97. The summed E-state index contributed by atoms with van der Waals surface area (Å²) in [7, 11) is -3.97. The summed E-state index contributed by atoms with van der Waals surface area (Å²) in [4.78, 5) is 3.54. The summed E-state index contributed by atoms with van der Waals surface area (Å²) in [5.74, 6) is -2.16. The molecule has 0 radical (unpaired) electrons. The van der Waals surface area contributed by atoms with E-state index in [2.05, 4.69) is 4.98 Å². The van der Waals surface area contributed by atoms with Gasteiger partial charge in [-0.2, -0.15) is 0 Å². The molecular weight excluding hydrogens is 332 g/mol. The lowest BCUT2D eigenvalue weighted by molar-refractivity contribution is 0.520. The van der Waals surface area contributed by atoms with Gasteiger partial charge in [0.2, 0.25) is 0 Å². The highest BCUT2D eigenvalue weighted by atomic mass is 32.2. The number of halogens is 2. The summed E-state index contributed by atoms with van der Waals surface area (Å²) < 4.78 is 51.4. The van der Waals surface area contributed by atoms with Crippen LogP contribution in [-0.4, -0.2) is 19.7 Å². The first kappa shape index (κ1) is 16.5. The maximum atomic E-state index is 14.2. The van der Waals surface area contributed by atoms with Crippen molar-refractivity contribution in [1.82, 2.24) is 4.98 Å². The van der Waals surface area contributed by atoms with Gasteiger partial charge in [-0.25, -0.2) is 17.2 Å². The Labute approximate surface area is 139 Å². The van der Waals surface area contributed by atoms with Gasteiger partial charge < -0.3 is 0 Å². The van der Waals surface area contributed by atoms with Crippen molar-refractivity contribution in [2.24, 2.45) is 0 Å². The van der Waals surface area contributed by atoms with Crippen molar-refractivity contribution in [2.75, 3.05) is 6.26 Å². The van der Waals surface area contributed by atoms with Crippen LogP contribution >= 0.6 is 0 Å². The van der Waals surface area contributed by atoms with E-state index in [1.54, 1.807) is 0 Å². The zero-order chi connectivity index (χ0) is 17.5. The van der Waals surface area contributed by atoms with Crippen molar-refractivity contribution in [1.29, 1.82) is 0 Å². The molecule has 2 aromatic rings. The Morgan fingerprint density at radius 1 is 1.12 bits per heavy atom. The zero-order valence-corrected chi connectivity index (χ0v) is 14.0. The van der Waals surface area contributed by atoms with Gasteiger partial charge >= 0.3 is 0 Å². The fourth-order valence-corrected chi connectivity index (χ4v) is 3.63. The Hall–Kier alpha value is -2.34. The summed E-state index contributed by atoms with van der Waals surface area (Å²) in [6, 6.07) is 7.69. The van der Waals surface area contributed by atoms with Crippen LogP contribution in [0.15, 0.2) is 47.4 Å². The van der Waals surface area contributed by atoms with Gasteiger partial charge in [0.05, 0.1) is 5.69 Å². The van der Waals surface area contributed by atoms with Crippen LogP contribution in [0.3, 0.4) is 0 Å². The number of rotatable bonds is 3. The van der Waals surface area contributed by atoms with Crippen LogP contribution in [0.1, 0.15) is 23.4 Å². The summed E-state index contributed by atoms with van der Waals surface area (Å²) in [6.45, 7) is 1.86. The van der Waals surface area contributed by atoms with Crippen molar-refractivity contribution < 1.29 is 17.2 Å². The second kappa shape index (κ2) is 5.94. The highest BCUT2D eigenvalue weighted by Gasteiger charge is 2.23. The molecule has 0 N–H and O–H groups in total. The predicted octanol–water partition coefficient (Wildman–Crippen LogP) is 3.94. The maximum Gasteiger partial charge on any atom is 0.181 e. The molecule has 0 aliphatic heterocycles.